The second-order valence-electron chi connectivity index (χ2n) is 6.49. The number of carbonyl (C=O) groups excluding carboxylic acids is 3. The predicted octanol–water partition coefficient (Wildman–Crippen LogP) is 3.61. The third-order valence-corrected chi connectivity index (χ3v) is 5.77. The standard InChI is InChI=1S/C21H23NO6S/c1-3-27-21(25)18-15-6-4-5-7-16(15)29-19(18)22-17(23)12-28-20(24)13-8-10-14(26-2)11-9-13/h8-11H,3-7,12H2,1-2H3,(H,22,23). The van der Waals surface area contributed by atoms with Crippen LogP contribution in [0.15, 0.2) is 24.3 Å². The van der Waals surface area contributed by atoms with Crippen molar-refractivity contribution in [3.63, 3.8) is 0 Å². The molecule has 8 heteroatoms. The van der Waals surface area contributed by atoms with Gasteiger partial charge in [-0.15, -0.1) is 11.3 Å². The molecule has 1 N–H and O–H groups in total. The summed E-state index contributed by atoms with van der Waals surface area (Å²) in [6, 6.07) is 6.40. The van der Waals surface area contributed by atoms with Crippen LogP contribution in [0, 0.1) is 0 Å². The molecule has 1 aromatic carbocycles. The Balaban J connectivity index is 1.66. The summed E-state index contributed by atoms with van der Waals surface area (Å²) in [4.78, 5) is 38.0. The molecule has 0 bridgehead atoms. The van der Waals surface area contributed by atoms with Crippen molar-refractivity contribution in [1.82, 2.24) is 0 Å². The SMILES string of the molecule is CCOC(=O)c1c(NC(=O)COC(=O)c2ccc(OC)cc2)sc2c1CCCC2. The monoisotopic (exact) mass is 417 g/mol. The number of rotatable bonds is 7. The summed E-state index contributed by atoms with van der Waals surface area (Å²) in [6.45, 7) is 1.56. The molecule has 154 valence electrons. The number of thiophene rings is 1. The number of hydrogen-bond donors (Lipinski definition) is 1. The molecule has 3 rings (SSSR count). The van der Waals surface area contributed by atoms with Crippen LogP contribution in [0.3, 0.4) is 0 Å². The number of hydrogen-bond acceptors (Lipinski definition) is 7. The summed E-state index contributed by atoms with van der Waals surface area (Å²) < 4.78 is 15.3. The van der Waals surface area contributed by atoms with E-state index in [-0.39, 0.29) is 6.61 Å². The van der Waals surface area contributed by atoms with Gasteiger partial charge in [-0.2, -0.15) is 0 Å². The van der Waals surface area contributed by atoms with E-state index in [4.69, 9.17) is 14.2 Å². The van der Waals surface area contributed by atoms with E-state index in [0.29, 0.717) is 21.9 Å². The molecule has 0 fully saturated rings. The number of carbonyl (C=O) groups is 3. The molecule has 0 saturated carbocycles. The molecule has 0 unspecified atom stereocenters. The van der Waals surface area contributed by atoms with Gasteiger partial charge in [0.15, 0.2) is 6.61 Å². The summed E-state index contributed by atoms with van der Waals surface area (Å²) >= 11 is 1.39. The highest BCUT2D eigenvalue weighted by atomic mass is 32.1. The highest BCUT2D eigenvalue weighted by Gasteiger charge is 2.27. The van der Waals surface area contributed by atoms with Crippen LogP contribution in [0.25, 0.3) is 0 Å². The molecule has 0 atom stereocenters. The molecule has 7 nitrogen and oxygen atoms in total. The number of esters is 2. The summed E-state index contributed by atoms with van der Waals surface area (Å²) in [5.41, 5.74) is 1.71. The van der Waals surface area contributed by atoms with Gasteiger partial charge >= 0.3 is 11.9 Å². The van der Waals surface area contributed by atoms with Crippen molar-refractivity contribution in [3.8, 4) is 5.75 Å². The zero-order valence-electron chi connectivity index (χ0n) is 16.4. The molecule has 0 saturated heterocycles. The predicted molar refractivity (Wildman–Crippen MR) is 109 cm³/mol. The Bertz CT molecular complexity index is 903. The van der Waals surface area contributed by atoms with Crippen molar-refractivity contribution in [3.05, 3.63) is 45.8 Å². The second kappa shape index (κ2) is 9.56. The van der Waals surface area contributed by atoms with Gasteiger partial charge in [0.2, 0.25) is 0 Å². The first kappa shape index (κ1) is 20.9. The van der Waals surface area contributed by atoms with Crippen LogP contribution in [-0.4, -0.2) is 38.2 Å². The fourth-order valence-corrected chi connectivity index (χ4v) is 4.47. The number of nitrogens with one attached hydrogen (secondary N) is 1. The highest BCUT2D eigenvalue weighted by Crippen LogP contribution is 2.38. The summed E-state index contributed by atoms with van der Waals surface area (Å²) in [6.07, 6.45) is 3.74. The van der Waals surface area contributed by atoms with Crippen LogP contribution in [0.2, 0.25) is 0 Å². The number of fused-ring (bicyclic) bond motifs is 1. The number of ether oxygens (including phenoxy) is 3. The normalized spacial score (nSPS) is 12.6. The first-order valence-electron chi connectivity index (χ1n) is 9.46. The van der Waals surface area contributed by atoms with Crippen LogP contribution in [0.1, 0.15) is 50.9 Å². The maximum Gasteiger partial charge on any atom is 0.341 e. The number of anilines is 1. The van der Waals surface area contributed by atoms with Crippen LogP contribution < -0.4 is 10.1 Å². The van der Waals surface area contributed by atoms with Gasteiger partial charge in [-0.1, -0.05) is 0 Å². The Morgan fingerprint density at radius 1 is 1.03 bits per heavy atom. The Hall–Kier alpha value is -2.87. The number of methoxy groups -OCH3 is 1. The summed E-state index contributed by atoms with van der Waals surface area (Å²) in [7, 11) is 1.53. The van der Waals surface area contributed by atoms with Gasteiger partial charge in [-0.3, -0.25) is 4.79 Å². The Morgan fingerprint density at radius 2 is 1.76 bits per heavy atom. The molecular weight excluding hydrogens is 394 g/mol. The fraction of sp³-hybridized carbons (Fsp3) is 0.381. The zero-order valence-corrected chi connectivity index (χ0v) is 17.2. The van der Waals surface area contributed by atoms with E-state index < -0.39 is 24.5 Å². The minimum Gasteiger partial charge on any atom is -0.497 e. The van der Waals surface area contributed by atoms with E-state index in [2.05, 4.69) is 5.32 Å². The molecule has 1 aliphatic rings. The maximum absolute atomic E-state index is 12.4. The molecular formula is C21H23NO6S. The summed E-state index contributed by atoms with van der Waals surface area (Å²) in [5, 5.41) is 3.17. The Kier molecular flexibility index (Phi) is 6.87. The molecule has 1 heterocycles. The lowest BCUT2D eigenvalue weighted by Crippen LogP contribution is -2.22. The average molecular weight is 417 g/mol. The molecule has 0 spiro atoms. The lowest BCUT2D eigenvalue weighted by atomic mass is 9.95. The number of amides is 1. The van der Waals surface area contributed by atoms with E-state index in [1.165, 1.54) is 18.4 Å². The first-order chi connectivity index (χ1) is 14.0. The van der Waals surface area contributed by atoms with Gasteiger partial charge in [-0.05, 0) is 62.4 Å². The molecule has 0 aliphatic heterocycles. The molecule has 1 aliphatic carbocycles. The average Bonchev–Trinajstić information content (AvgIpc) is 3.10. The third kappa shape index (κ3) is 4.95. The molecule has 2 aromatic rings. The van der Waals surface area contributed by atoms with Crippen LogP contribution in [0.4, 0.5) is 5.00 Å². The molecule has 0 radical (unpaired) electrons. The Labute approximate surface area is 173 Å². The van der Waals surface area contributed by atoms with E-state index in [1.54, 1.807) is 31.2 Å². The molecule has 29 heavy (non-hydrogen) atoms. The van der Waals surface area contributed by atoms with E-state index in [0.717, 1.165) is 36.1 Å². The maximum atomic E-state index is 12.4. The van der Waals surface area contributed by atoms with Crippen LogP contribution in [0.5, 0.6) is 5.75 Å². The van der Waals surface area contributed by atoms with Gasteiger partial charge < -0.3 is 19.5 Å². The van der Waals surface area contributed by atoms with Gasteiger partial charge in [0.1, 0.15) is 10.8 Å². The minimum absolute atomic E-state index is 0.260. The topological polar surface area (TPSA) is 90.9 Å². The largest absolute Gasteiger partial charge is 0.497 e. The van der Waals surface area contributed by atoms with Crippen molar-refractivity contribution in [1.29, 1.82) is 0 Å². The minimum atomic E-state index is -0.612. The second-order valence-corrected chi connectivity index (χ2v) is 7.59. The van der Waals surface area contributed by atoms with Gasteiger partial charge in [0, 0.05) is 4.88 Å². The van der Waals surface area contributed by atoms with Crippen molar-refractivity contribution in [2.24, 2.45) is 0 Å². The molecule has 1 amide bonds. The van der Waals surface area contributed by atoms with Crippen LogP contribution in [-0.2, 0) is 27.1 Å². The van der Waals surface area contributed by atoms with Crippen molar-refractivity contribution >= 4 is 34.2 Å². The van der Waals surface area contributed by atoms with Gasteiger partial charge in [0.25, 0.3) is 5.91 Å². The smallest absolute Gasteiger partial charge is 0.341 e. The van der Waals surface area contributed by atoms with E-state index >= 15 is 0 Å². The summed E-state index contributed by atoms with van der Waals surface area (Å²) in [5.74, 6) is -0.931. The first-order valence-corrected chi connectivity index (χ1v) is 10.3. The lowest BCUT2D eigenvalue weighted by Gasteiger charge is -2.12. The third-order valence-electron chi connectivity index (χ3n) is 4.56. The number of aryl methyl sites for hydroxylation is 1. The van der Waals surface area contributed by atoms with E-state index in [9.17, 15) is 14.4 Å². The fourth-order valence-electron chi connectivity index (χ4n) is 3.18. The van der Waals surface area contributed by atoms with Gasteiger partial charge in [0.05, 0.1) is 24.8 Å². The van der Waals surface area contributed by atoms with Crippen molar-refractivity contribution in [2.75, 3.05) is 25.6 Å². The van der Waals surface area contributed by atoms with Crippen LogP contribution >= 0.6 is 11.3 Å². The molecule has 1 aromatic heterocycles. The Morgan fingerprint density at radius 3 is 2.45 bits per heavy atom. The zero-order chi connectivity index (χ0) is 20.8. The van der Waals surface area contributed by atoms with Crippen molar-refractivity contribution in [2.45, 2.75) is 32.6 Å². The van der Waals surface area contributed by atoms with E-state index in [1.807, 2.05) is 0 Å². The lowest BCUT2D eigenvalue weighted by molar-refractivity contribution is -0.119. The highest BCUT2D eigenvalue weighted by molar-refractivity contribution is 7.17. The quantitative estimate of drug-likeness (QED) is 0.692. The van der Waals surface area contributed by atoms with Crippen molar-refractivity contribution < 1.29 is 28.6 Å². The number of benzene rings is 1. The van der Waals surface area contributed by atoms with Gasteiger partial charge in [-0.25, -0.2) is 9.59 Å².